The minimum atomic E-state index is -2.74. The van der Waals surface area contributed by atoms with Crippen LogP contribution in [-0.4, -0.2) is 60.3 Å². The van der Waals surface area contributed by atoms with Crippen molar-refractivity contribution < 1.29 is 27.8 Å². The maximum atomic E-state index is 13.3. The summed E-state index contributed by atoms with van der Waals surface area (Å²) in [5.74, 6) is 0.779. The molecule has 9 nitrogen and oxygen atoms in total. The Kier molecular flexibility index (Phi) is 4.26. The monoisotopic (exact) mass is 419 g/mol. The van der Waals surface area contributed by atoms with Crippen molar-refractivity contribution in [3.8, 4) is 17.1 Å². The van der Waals surface area contributed by atoms with Gasteiger partial charge in [-0.25, -0.2) is 23.5 Å². The smallest absolute Gasteiger partial charge is 0.416 e. The summed E-state index contributed by atoms with van der Waals surface area (Å²) in [6, 6.07) is 4.22. The van der Waals surface area contributed by atoms with Crippen LogP contribution in [-0.2, 0) is 16.1 Å². The number of carbonyl (C=O) groups is 2. The van der Waals surface area contributed by atoms with Crippen LogP contribution in [0.4, 0.5) is 25.1 Å². The number of nitrogens with two attached hydrogens (primary N) is 1. The van der Waals surface area contributed by atoms with Gasteiger partial charge in [0.05, 0.1) is 18.0 Å². The van der Waals surface area contributed by atoms with E-state index in [1.807, 2.05) is 23.1 Å². The summed E-state index contributed by atoms with van der Waals surface area (Å²) in [5.41, 5.74) is 6.92. The Morgan fingerprint density at radius 1 is 1.27 bits per heavy atom. The Balaban J connectivity index is 1.46. The van der Waals surface area contributed by atoms with E-state index in [1.165, 1.54) is 0 Å². The van der Waals surface area contributed by atoms with Gasteiger partial charge in [-0.15, -0.1) is 0 Å². The number of imidazole rings is 1. The maximum Gasteiger partial charge on any atom is 0.416 e. The van der Waals surface area contributed by atoms with Crippen molar-refractivity contribution in [2.45, 2.75) is 19.0 Å². The number of anilines is 2. The summed E-state index contributed by atoms with van der Waals surface area (Å²) in [5, 5.41) is 0. The number of fused-ring (bicyclic) bond motifs is 3. The molecule has 11 heteroatoms. The lowest BCUT2D eigenvalue weighted by molar-refractivity contribution is -0.122. The molecule has 2 N–H and O–H groups in total. The molecule has 2 aromatic rings. The van der Waals surface area contributed by atoms with Gasteiger partial charge in [0.2, 0.25) is 5.91 Å². The number of cyclic esters (lactones) is 1. The molecule has 0 unspecified atom stereocenters. The average molecular weight is 419 g/mol. The Labute approximate surface area is 169 Å². The third-order valence-electron chi connectivity index (χ3n) is 5.65. The fourth-order valence-corrected chi connectivity index (χ4v) is 3.92. The van der Waals surface area contributed by atoms with Gasteiger partial charge in [0.25, 0.3) is 6.43 Å². The Morgan fingerprint density at radius 2 is 2.07 bits per heavy atom. The fourth-order valence-electron chi connectivity index (χ4n) is 3.92. The Bertz CT molecular complexity index is 1020. The van der Waals surface area contributed by atoms with Crippen LogP contribution >= 0.6 is 0 Å². The van der Waals surface area contributed by atoms with Gasteiger partial charge in [0.15, 0.2) is 5.82 Å². The first-order valence-corrected chi connectivity index (χ1v) is 9.55. The minimum absolute atomic E-state index is 0.127. The van der Waals surface area contributed by atoms with Crippen LogP contribution in [0.2, 0.25) is 0 Å². The molecule has 3 aliphatic heterocycles. The SMILES string of the molecule is NC(=O)C1CN(c2ccc3c(c2)OCCn2cc(N4C(=O)OC[C@H]4C(F)F)nc2-3)C1. The van der Waals surface area contributed by atoms with E-state index in [4.69, 9.17) is 15.2 Å². The number of hydrogen-bond donors (Lipinski definition) is 1. The van der Waals surface area contributed by atoms with Crippen LogP contribution < -0.4 is 20.3 Å². The van der Waals surface area contributed by atoms with E-state index in [1.54, 1.807) is 10.8 Å². The highest BCUT2D eigenvalue weighted by molar-refractivity contribution is 5.89. The van der Waals surface area contributed by atoms with E-state index >= 15 is 0 Å². The van der Waals surface area contributed by atoms with Gasteiger partial charge in [0.1, 0.15) is 30.8 Å². The molecule has 3 aliphatic rings. The molecule has 158 valence electrons. The average Bonchev–Trinajstić information content (AvgIpc) is 3.20. The Morgan fingerprint density at radius 3 is 2.80 bits per heavy atom. The molecule has 2 fully saturated rings. The van der Waals surface area contributed by atoms with Crippen LogP contribution in [0.1, 0.15) is 0 Å². The third kappa shape index (κ3) is 2.92. The zero-order valence-corrected chi connectivity index (χ0v) is 15.8. The van der Waals surface area contributed by atoms with Gasteiger partial charge in [-0.05, 0) is 12.1 Å². The quantitative estimate of drug-likeness (QED) is 0.805. The van der Waals surface area contributed by atoms with Gasteiger partial charge in [-0.1, -0.05) is 0 Å². The van der Waals surface area contributed by atoms with Crippen molar-refractivity contribution in [2.24, 2.45) is 11.7 Å². The van der Waals surface area contributed by atoms with Gasteiger partial charge < -0.3 is 24.7 Å². The fraction of sp³-hybridized carbons (Fsp3) is 0.421. The molecule has 1 aromatic carbocycles. The lowest BCUT2D eigenvalue weighted by Gasteiger charge is -2.39. The van der Waals surface area contributed by atoms with Gasteiger partial charge in [-0.2, -0.15) is 0 Å². The highest BCUT2D eigenvalue weighted by Gasteiger charge is 2.42. The number of aromatic nitrogens is 2. The molecule has 4 heterocycles. The van der Waals surface area contributed by atoms with Crippen molar-refractivity contribution in [1.29, 1.82) is 0 Å². The number of carbonyl (C=O) groups excluding carboxylic acids is 2. The van der Waals surface area contributed by atoms with Crippen LogP contribution in [0.15, 0.2) is 24.4 Å². The number of alkyl halides is 2. The zero-order chi connectivity index (χ0) is 21.0. The molecular weight excluding hydrogens is 400 g/mol. The molecule has 0 bridgehead atoms. The van der Waals surface area contributed by atoms with Gasteiger partial charge in [-0.3, -0.25) is 4.79 Å². The second-order valence-corrected chi connectivity index (χ2v) is 7.50. The van der Waals surface area contributed by atoms with Crippen LogP contribution in [0.5, 0.6) is 5.75 Å². The molecule has 0 saturated carbocycles. The van der Waals surface area contributed by atoms with Crippen molar-refractivity contribution in [2.75, 3.05) is 36.1 Å². The van der Waals surface area contributed by atoms with E-state index in [0.717, 1.165) is 10.6 Å². The predicted octanol–water partition coefficient (Wildman–Crippen LogP) is 1.45. The predicted molar refractivity (Wildman–Crippen MR) is 102 cm³/mol. The first-order chi connectivity index (χ1) is 14.4. The van der Waals surface area contributed by atoms with Gasteiger partial charge >= 0.3 is 6.09 Å². The number of hydrogen-bond acceptors (Lipinski definition) is 6. The summed E-state index contributed by atoms with van der Waals surface area (Å²) in [4.78, 5) is 30.6. The summed E-state index contributed by atoms with van der Waals surface area (Å²) in [6.45, 7) is 1.54. The molecule has 30 heavy (non-hydrogen) atoms. The van der Waals surface area contributed by atoms with E-state index in [0.29, 0.717) is 43.4 Å². The number of primary amides is 1. The number of nitrogens with zero attached hydrogens (tertiary/aromatic N) is 4. The largest absolute Gasteiger partial charge is 0.491 e. The van der Waals surface area contributed by atoms with Crippen LogP contribution in [0.3, 0.4) is 0 Å². The Hall–Kier alpha value is -3.37. The minimum Gasteiger partial charge on any atom is -0.491 e. The summed E-state index contributed by atoms with van der Waals surface area (Å²) < 4.78 is 39.1. The molecule has 1 atom stereocenters. The number of halogens is 2. The molecule has 5 rings (SSSR count). The lowest BCUT2D eigenvalue weighted by atomic mass is 9.98. The van der Waals surface area contributed by atoms with Crippen LogP contribution in [0, 0.1) is 5.92 Å². The van der Waals surface area contributed by atoms with E-state index in [2.05, 4.69) is 4.98 Å². The van der Waals surface area contributed by atoms with E-state index in [-0.39, 0.29) is 24.2 Å². The maximum absolute atomic E-state index is 13.3. The summed E-state index contributed by atoms with van der Waals surface area (Å²) in [6.07, 6.45) is -2.00. The number of rotatable bonds is 4. The first-order valence-electron chi connectivity index (χ1n) is 9.55. The second kappa shape index (κ2) is 6.85. The highest BCUT2D eigenvalue weighted by Crippen LogP contribution is 2.38. The topological polar surface area (TPSA) is 103 Å². The van der Waals surface area contributed by atoms with Crippen LogP contribution in [0.25, 0.3) is 11.4 Å². The second-order valence-electron chi connectivity index (χ2n) is 7.50. The standard InChI is InChI=1S/C19H19F2N5O4/c20-16(21)13-9-30-19(28)26(13)15-8-24-3-4-29-14-5-11(1-2-12(14)18(24)23-15)25-6-10(7-25)17(22)27/h1-2,5,8,10,13,16H,3-4,6-7,9H2,(H2,22,27)/t13-/m0/s1. The number of benzene rings is 1. The lowest BCUT2D eigenvalue weighted by Crippen LogP contribution is -2.52. The van der Waals surface area contributed by atoms with Crippen molar-refractivity contribution in [1.82, 2.24) is 9.55 Å². The highest BCUT2D eigenvalue weighted by atomic mass is 19.3. The summed E-state index contributed by atoms with van der Waals surface area (Å²) >= 11 is 0. The summed E-state index contributed by atoms with van der Waals surface area (Å²) in [7, 11) is 0. The van der Waals surface area contributed by atoms with Crippen molar-refractivity contribution in [3.63, 3.8) is 0 Å². The van der Waals surface area contributed by atoms with Crippen molar-refractivity contribution >= 4 is 23.5 Å². The molecule has 1 aromatic heterocycles. The number of ether oxygens (including phenoxy) is 2. The van der Waals surface area contributed by atoms with Gasteiger partial charge in [0, 0.05) is 31.0 Å². The molecule has 0 aliphatic carbocycles. The molecule has 2 amide bonds. The third-order valence-corrected chi connectivity index (χ3v) is 5.65. The van der Waals surface area contributed by atoms with E-state index < -0.39 is 18.6 Å². The molecule has 2 saturated heterocycles. The first kappa shape index (κ1) is 18.6. The molecular formula is C19H19F2N5O4. The molecule has 0 spiro atoms. The molecule has 0 radical (unpaired) electrons. The van der Waals surface area contributed by atoms with E-state index in [9.17, 15) is 18.4 Å². The van der Waals surface area contributed by atoms with Crippen molar-refractivity contribution in [3.05, 3.63) is 24.4 Å². The zero-order valence-electron chi connectivity index (χ0n) is 15.8. The normalized spacial score (nSPS) is 20.9. The number of amides is 2.